The van der Waals surface area contributed by atoms with Crippen molar-refractivity contribution < 1.29 is 14.3 Å². The van der Waals surface area contributed by atoms with Crippen LogP contribution in [0.2, 0.25) is 5.02 Å². The van der Waals surface area contributed by atoms with Crippen LogP contribution in [0.5, 0.6) is 11.5 Å². The molecule has 1 heterocycles. The first-order valence-electron chi connectivity index (χ1n) is 6.41. The highest BCUT2D eigenvalue weighted by molar-refractivity contribution is 6.32. The number of ether oxygens (including phenoxy) is 2. The number of carbonyl (C=O) groups excluding carboxylic acids is 1. The van der Waals surface area contributed by atoms with Gasteiger partial charge in [-0.1, -0.05) is 41.9 Å². The van der Waals surface area contributed by atoms with Crippen molar-refractivity contribution in [3.63, 3.8) is 0 Å². The van der Waals surface area contributed by atoms with Crippen molar-refractivity contribution in [1.29, 1.82) is 0 Å². The molecule has 0 saturated carbocycles. The summed E-state index contributed by atoms with van der Waals surface area (Å²) < 4.78 is 10.9. The van der Waals surface area contributed by atoms with Gasteiger partial charge in [0.15, 0.2) is 0 Å². The highest BCUT2D eigenvalue weighted by Gasteiger charge is 2.27. The van der Waals surface area contributed by atoms with Crippen LogP contribution in [-0.2, 0) is 11.2 Å². The molecule has 0 bridgehead atoms. The molecule has 2 aromatic carbocycles. The predicted octanol–water partition coefficient (Wildman–Crippen LogP) is 3.50. The van der Waals surface area contributed by atoms with Crippen LogP contribution in [0, 0.1) is 5.92 Å². The van der Waals surface area contributed by atoms with E-state index < -0.39 is 0 Å². The van der Waals surface area contributed by atoms with Crippen molar-refractivity contribution >= 4 is 17.6 Å². The van der Waals surface area contributed by atoms with E-state index in [9.17, 15) is 4.79 Å². The Kier molecular flexibility index (Phi) is 3.61. The molecular formula is C16H13ClO3. The number of rotatable bonds is 2. The van der Waals surface area contributed by atoms with E-state index in [0.29, 0.717) is 23.8 Å². The van der Waals surface area contributed by atoms with E-state index in [4.69, 9.17) is 21.1 Å². The summed E-state index contributed by atoms with van der Waals surface area (Å²) in [6.45, 7) is 0.334. The summed E-state index contributed by atoms with van der Waals surface area (Å²) in [6.07, 6.45) is 0.624. The van der Waals surface area contributed by atoms with Gasteiger partial charge in [-0.2, -0.15) is 0 Å². The predicted molar refractivity (Wildman–Crippen MR) is 76.2 cm³/mol. The van der Waals surface area contributed by atoms with E-state index in [1.807, 2.05) is 24.3 Å². The maximum absolute atomic E-state index is 12.2. The molecular weight excluding hydrogens is 276 g/mol. The topological polar surface area (TPSA) is 35.5 Å². The zero-order chi connectivity index (χ0) is 13.9. The lowest BCUT2D eigenvalue weighted by molar-refractivity contribution is -0.140. The van der Waals surface area contributed by atoms with Crippen molar-refractivity contribution in [2.24, 2.45) is 5.92 Å². The van der Waals surface area contributed by atoms with E-state index >= 15 is 0 Å². The molecule has 0 saturated heterocycles. The molecule has 0 fully saturated rings. The fourth-order valence-corrected chi connectivity index (χ4v) is 2.37. The maximum atomic E-state index is 12.2. The number of hydrogen-bond acceptors (Lipinski definition) is 3. The molecule has 20 heavy (non-hydrogen) atoms. The smallest absolute Gasteiger partial charge is 0.318 e. The van der Waals surface area contributed by atoms with Crippen LogP contribution in [0.4, 0.5) is 0 Å². The highest BCUT2D eigenvalue weighted by atomic mass is 35.5. The molecule has 1 aliphatic rings. The van der Waals surface area contributed by atoms with Crippen LogP contribution in [0.25, 0.3) is 0 Å². The molecule has 0 aliphatic carbocycles. The Bertz CT molecular complexity index is 639. The van der Waals surface area contributed by atoms with Gasteiger partial charge in [-0.05, 0) is 30.2 Å². The average molecular weight is 289 g/mol. The summed E-state index contributed by atoms with van der Waals surface area (Å²) in [5.41, 5.74) is 1.03. The normalized spacial score (nSPS) is 16.9. The van der Waals surface area contributed by atoms with Crippen LogP contribution >= 0.6 is 11.6 Å². The van der Waals surface area contributed by atoms with Gasteiger partial charge in [0.25, 0.3) is 0 Å². The Hall–Kier alpha value is -2.00. The molecule has 0 N–H and O–H groups in total. The van der Waals surface area contributed by atoms with E-state index in [-0.39, 0.29) is 11.9 Å². The number of halogens is 1. The second-order valence-corrected chi connectivity index (χ2v) is 5.08. The van der Waals surface area contributed by atoms with Gasteiger partial charge in [-0.25, -0.2) is 0 Å². The van der Waals surface area contributed by atoms with Gasteiger partial charge in [0.1, 0.15) is 18.1 Å². The Morgan fingerprint density at radius 1 is 1.15 bits per heavy atom. The van der Waals surface area contributed by atoms with Gasteiger partial charge in [0, 0.05) is 0 Å². The van der Waals surface area contributed by atoms with E-state index in [2.05, 4.69) is 0 Å². The average Bonchev–Trinajstić information content (AvgIpc) is 2.49. The molecule has 102 valence electrons. The van der Waals surface area contributed by atoms with Gasteiger partial charge in [0.05, 0.1) is 10.9 Å². The van der Waals surface area contributed by atoms with Crippen LogP contribution in [0.1, 0.15) is 5.56 Å². The van der Waals surface area contributed by atoms with Crippen LogP contribution < -0.4 is 9.47 Å². The lowest BCUT2D eigenvalue weighted by Crippen LogP contribution is -2.31. The molecule has 3 nitrogen and oxygen atoms in total. The second-order valence-electron chi connectivity index (χ2n) is 4.67. The first kappa shape index (κ1) is 13.0. The third-order valence-electron chi connectivity index (χ3n) is 3.26. The Morgan fingerprint density at radius 2 is 1.90 bits per heavy atom. The van der Waals surface area contributed by atoms with Crippen molar-refractivity contribution in [3.05, 3.63) is 59.1 Å². The molecule has 1 unspecified atom stereocenters. The largest absolute Gasteiger partial charge is 0.492 e. The second kappa shape index (κ2) is 5.55. The van der Waals surface area contributed by atoms with Crippen LogP contribution in [0.15, 0.2) is 48.5 Å². The summed E-state index contributed by atoms with van der Waals surface area (Å²) in [7, 11) is 0. The number of esters is 1. The lowest BCUT2D eigenvalue weighted by Gasteiger charge is -2.23. The minimum Gasteiger partial charge on any atom is -0.492 e. The van der Waals surface area contributed by atoms with Gasteiger partial charge in [0.2, 0.25) is 0 Å². The van der Waals surface area contributed by atoms with Gasteiger partial charge in [-0.15, -0.1) is 0 Å². The van der Waals surface area contributed by atoms with E-state index in [0.717, 1.165) is 11.3 Å². The van der Waals surface area contributed by atoms with Crippen molar-refractivity contribution in [2.45, 2.75) is 6.42 Å². The molecule has 0 spiro atoms. The van der Waals surface area contributed by atoms with Crippen molar-refractivity contribution in [2.75, 3.05) is 6.61 Å². The third kappa shape index (κ3) is 2.63. The first-order valence-corrected chi connectivity index (χ1v) is 6.79. The number of carbonyl (C=O) groups is 1. The van der Waals surface area contributed by atoms with Crippen molar-refractivity contribution in [1.82, 2.24) is 0 Å². The molecule has 0 aromatic heterocycles. The Labute approximate surface area is 122 Å². The molecule has 1 atom stereocenters. The maximum Gasteiger partial charge on any atom is 0.318 e. The monoisotopic (exact) mass is 288 g/mol. The SMILES string of the molecule is O=C(Oc1ccccc1Cl)C1COc2ccccc2C1. The number of hydrogen-bond donors (Lipinski definition) is 0. The Balaban J connectivity index is 1.72. The summed E-state index contributed by atoms with van der Waals surface area (Å²) >= 11 is 5.98. The van der Waals surface area contributed by atoms with E-state index in [1.54, 1.807) is 24.3 Å². The van der Waals surface area contributed by atoms with Crippen molar-refractivity contribution in [3.8, 4) is 11.5 Å². The Morgan fingerprint density at radius 3 is 2.75 bits per heavy atom. The highest BCUT2D eigenvalue weighted by Crippen LogP contribution is 2.29. The fraction of sp³-hybridized carbons (Fsp3) is 0.188. The minimum atomic E-state index is -0.312. The fourth-order valence-electron chi connectivity index (χ4n) is 2.20. The quantitative estimate of drug-likeness (QED) is 0.627. The molecule has 0 amide bonds. The van der Waals surface area contributed by atoms with Gasteiger partial charge in [-0.3, -0.25) is 4.79 Å². The van der Waals surface area contributed by atoms with Gasteiger partial charge >= 0.3 is 5.97 Å². The molecule has 0 radical (unpaired) electrons. The summed E-state index contributed by atoms with van der Waals surface area (Å²) in [5.74, 6) is 0.612. The molecule has 3 rings (SSSR count). The van der Waals surface area contributed by atoms with Gasteiger partial charge < -0.3 is 9.47 Å². The summed E-state index contributed by atoms with van der Waals surface area (Å²) in [4.78, 5) is 12.2. The molecule has 1 aliphatic heterocycles. The minimum absolute atomic E-state index is 0.304. The zero-order valence-corrected chi connectivity index (χ0v) is 11.5. The number of fused-ring (bicyclic) bond motifs is 1. The number of benzene rings is 2. The van der Waals surface area contributed by atoms with E-state index in [1.165, 1.54) is 0 Å². The summed E-state index contributed by atoms with van der Waals surface area (Å²) in [6, 6.07) is 14.7. The third-order valence-corrected chi connectivity index (χ3v) is 3.57. The number of para-hydroxylation sites is 2. The lowest BCUT2D eigenvalue weighted by atomic mass is 9.97. The standard InChI is InChI=1S/C16H13ClO3/c17-13-6-2-4-8-15(13)20-16(18)12-9-11-5-1-3-7-14(11)19-10-12/h1-8,12H,9-10H2. The molecule has 2 aromatic rings. The first-order chi connectivity index (χ1) is 9.74. The summed E-state index contributed by atoms with van der Waals surface area (Å²) in [5, 5.41) is 0.429. The zero-order valence-electron chi connectivity index (χ0n) is 10.7. The molecule has 4 heteroatoms. The van der Waals surface area contributed by atoms with Crippen LogP contribution in [0.3, 0.4) is 0 Å². The van der Waals surface area contributed by atoms with Crippen LogP contribution in [-0.4, -0.2) is 12.6 Å².